The van der Waals surface area contributed by atoms with Gasteiger partial charge in [0.2, 0.25) is 0 Å². The summed E-state index contributed by atoms with van der Waals surface area (Å²) in [5.41, 5.74) is 0. The Bertz CT molecular complexity index is 620. The van der Waals surface area contributed by atoms with Crippen LogP contribution in [0.15, 0.2) is 10.3 Å². The van der Waals surface area contributed by atoms with Crippen LogP contribution in [0.5, 0.6) is 5.75 Å². The van der Waals surface area contributed by atoms with Crippen LogP contribution in [0.4, 0.5) is 0 Å². The third-order valence-electron chi connectivity index (χ3n) is 2.22. The van der Waals surface area contributed by atoms with Crippen molar-refractivity contribution >= 4 is 33.3 Å². The van der Waals surface area contributed by atoms with E-state index in [1.807, 2.05) is 4.72 Å². The molecular formula is C10H13NO7S2. The molecule has 10 heteroatoms. The van der Waals surface area contributed by atoms with Gasteiger partial charge in [-0.3, -0.25) is 4.79 Å². The van der Waals surface area contributed by atoms with Gasteiger partial charge in [0.05, 0.1) is 14.2 Å². The molecule has 20 heavy (non-hydrogen) atoms. The number of nitrogens with one attached hydrogen (secondary N) is 1. The molecule has 2 N–H and O–H groups in total. The summed E-state index contributed by atoms with van der Waals surface area (Å²) in [6.45, 7) is 1.18. The van der Waals surface area contributed by atoms with E-state index in [-0.39, 0.29) is 14.8 Å². The number of carboxylic acids is 1. The van der Waals surface area contributed by atoms with Crippen molar-refractivity contribution in [3.8, 4) is 5.75 Å². The summed E-state index contributed by atoms with van der Waals surface area (Å²) in [4.78, 5) is 22.1. The summed E-state index contributed by atoms with van der Waals surface area (Å²) in [7, 11) is -1.71. The molecule has 0 saturated carbocycles. The molecule has 1 atom stereocenters. The number of carbonyl (C=O) groups is 2. The Kier molecular flexibility index (Phi) is 5.09. The molecule has 1 heterocycles. The van der Waals surface area contributed by atoms with Gasteiger partial charge < -0.3 is 14.6 Å². The largest absolute Gasteiger partial charge is 0.494 e. The van der Waals surface area contributed by atoms with Crippen molar-refractivity contribution in [1.82, 2.24) is 4.72 Å². The molecule has 0 aliphatic carbocycles. The highest BCUT2D eigenvalue weighted by atomic mass is 32.2. The van der Waals surface area contributed by atoms with Gasteiger partial charge in [-0.1, -0.05) is 0 Å². The Morgan fingerprint density at radius 2 is 2.00 bits per heavy atom. The number of thiophene rings is 1. The molecule has 1 aromatic heterocycles. The van der Waals surface area contributed by atoms with E-state index < -0.39 is 28.0 Å². The van der Waals surface area contributed by atoms with Crippen molar-refractivity contribution in [3.05, 3.63) is 10.9 Å². The molecule has 0 aromatic carbocycles. The molecule has 1 aromatic rings. The summed E-state index contributed by atoms with van der Waals surface area (Å²) in [5, 5.41) is 8.72. The molecule has 112 valence electrons. The average molecular weight is 323 g/mol. The fourth-order valence-electron chi connectivity index (χ4n) is 1.22. The van der Waals surface area contributed by atoms with E-state index in [4.69, 9.17) is 9.84 Å². The maximum absolute atomic E-state index is 12.1. The lowest BCUT2D eigenvalue weighted by atomic mass is 10.4. The first kappa shape index (κ1) is 16.4. The summed E-state index contributed by atoms with van der Waals surface area (Å²) < 4.78 is 35.2. The number of carbonyl (C=O) groups excluding carboxylic acids is 1. The van der Waals surface area contributed by atoms with Crippen LogP contribution in [0.25, 0.3) is 0 Å². The first-order valence-corrected chi connectivity index (χ1v) is 7.54. The van der Waals surface area contributed by atoms with Gasteiger partial charge in [0, 0.05) is 6.07 Å². The lowest BCUT2D eigenvalue weighted by Crippen LogP contribution is -2.38. The SMILES string of the molecule is COC(=O)c1cc(OC)c(S(=O)(=O)N[C@@H](C)C(=O)O)s1. The van der Waals surface area contributed by atoms with E-state index in [0.717, 1.165) is 7.11 Å². The first-order chi connectivity index (χ1) is 9.22. The predicted octanol–water partition coefficient (Wildman–Crippen LogP) is 0.295. The number of esters is 1. The van der Waals surface area contributed by atoms with Crippen LogP contribution >= 0.6 is 11.3 Å². The lowest BCUT2D eigenvalue weighted by molar-refractivity contribution is -0.138. The zero-order valence-electron chi connectivity index (χ0n) is 10.9. The Morgan fingerprint density at radius 3 is 2.45 bits per heavy atom. The number of hydrogen-bond donors (Lipinski definition) is 2. The summed E-state index contributed by atoms with van der Waals surface area (Å²) in [6.07, 6.45) is 0. The van der Waals surface area contributed by atoms with Gasteiger partial charge in [0.15, 0.2) is 9.96 Å². The highest BCUT2D eigenvalue weighted by Crippen LogP contribution is 2.33. The van der Waals surface area contributed by atoms with Crippen LogP contribution in [0, 0.1) is 0 Å². The molecule has 0 radical (unpaired) electrons. The maximum atomic E-state index is 12.1. The number of aliphatic carboxylic acids is 1. The minimum absolute atomic E-state index is 0.0349. The number of rotatable bonds is 6. The summed E-state index contributed by atoms with van der Waals surface area (Å²) in [6, 6.07) is -0.0929. The number of carboxylic acid groups (broad SMARTS) is 1. The Labute approximate surface area is 119 Å². The third kappa shape index (κ3) is 3.46. The van der Waals surface area contributed by atoms with Crippen molar-refractivity contribution in [1.29, 1.82) is 0 Å². The molecular weight excluding hydrogens is 310 g/mol. The van der Waals surface area contributed by atoms with Crippen LogP contribution < -0.4 is 9.46 Å². The van der Waals surface area contributed by atoms with Gasteiger partial charge in [0.1, 0.15) is 10.9 Å². The smallest absolute Gasteiger partial charge is 0.348 e. The van der Waals surface area contributed by atoms with Crippen LogP contribution in [-0.4, -0.2) is 45.7 Å². The van der Waals surface area contributed by atoms with E-state index in [1.165, 1.54) is 20.1 Å². The van der Waals surface area contributed by atoms with Crippen LogP contribution in [-0.2, 0) is 19.6 Å². The lowest BCUT2D eigenvalue weighted by Gasteiger charge is -2.09. The highest BCUT2D eigenvalue weighted by molar-refractivity contribution is 7.91. The molecule has 0 unspecified atom stereocenters. The van der Waals surface area contributed by atoms with Gasteiger partial charge in [-0.05, 0) is 6.92 Å². The van der Waals surface area contributed by atoms with Crippen molar-refractivity contribution in [2.75, 3.05) is 14.2 Å². The zero-order valence-corrected chi connectivity index (χ0v) is 12.5. The van der Waals surface area contributed by atoms with E-state index in [0.29, 0.717) is 11.3 Å². The van der Waals surface area contributed by atoms with Gasteiger partial charge in [-0.25, -0.2) is 13.2 Å². The van der Waals surface area contributed by atoms with E-state index in [1.54, 1.807) is 0 Å². The third-order valence-corrected chi connectivity index (χ3v) is 5.37. The topological polar surface area (TPSA) is 119 Å². The molecule has 0 spiro atoms. The average Bonchev–Trinajstić information content (AvgIpc) is 2.82. The summed E-state index contributed by atoms with van der Waals surface area (Å²) in [5.74, 6) is -2.08. The fourth-order valence-corrected chi connectivity index (χ4v) is 3.93. The Morgan fingerprint density at radius 1 is 1.40 bits per heavy atom. The highest BCUT2D eigenvalue weighted by Gasteiger charge is 2.28. The second-order valence-corrected chi connectivity index (χ2v) is 6.60. The Balaban J connectivity index is 3.20. The number of ether oxygens (including phenoxy) is 2. The van der Waals surface area contributed by atoms with Gasteiger partial charge >= 0.3 is 11.9 Å². The standard InChI is InChI=1S/C10H13NO7S2/c1-5(8(12)13)11-20(15,16)10-6(17-2)4-7(19-10)9(14)18-3/h4-5,11H,1-3H3,(H,12,13)/t5-/m0/s1. The number of methoxy groups -OCH3 is 2. The normalized spacial score (nSPS) is 12.8. The summed E-state index contributed by atoms with van der Waals surface area (Å²) >= 11 is 0.634. The molecule has 8 nitrogen and oxygen atoms in total. The maximum Gasteiger partial charge on any atom is 0.348 e. The molecule has 0 saturated heterocycles. The molecule has 0 aliphatic rings. The predicted molar refractivity (Wildman–Crippen MR) is 69.6 cm³/mol. The second-order valence-electron chi connectivity index (χ2n) is 3.64. The van der Waals surface area contributed by atoms with Gasteiger partial charge in [-0.2, -0.15) is 4.72 Å². The van der Waals surface area contributed by atoms with Crippen molar-refractivity contribution in [3.63, 3.8) is 0 Å². The Hall–Kier alpha value is -1.65. The molecule has 0 bridgehead atoms. The minimum Gasteiger partial charge on any atom is -0.494 e. The van der Waals surface area contributed by atoms with E-state index in [9.17, 15) is 18.0 Å². The van der Waals surface area contributed by atoms with Gasteiger partial charge in [-0.15, -0.1) is 11.3 Å². The van der Waals surface area contributed by atoms with Crippen molar-refractivity contribution < 1.29 is 32.6 Å². The van der Waals surface area contributed by atoms with Gasteiger partial charge in [0.25, 0.3) is 10.0 Å². The molecule has 0 amide bonds. The zero-order chi connectivity index (χ0) is 15.5. The quantitative estimate of drug-likeness (QED) is 0.722. The van der Waals surface area contributed by atoms with Crippen LogP contribution in [0.1, 0.15) is 16.6 Å². The minimum atomic E-state index is -4.11. The number of hydrogen-bond acceptors (Lipinski definition) is 7. The first-order valence-electron chi connectivity index (χ1n) is 5.24. The second kappa shape index (κ2) is 6.20. The van der Waals surface area contributed by atoms with E-state index in [2.05, 4.69) is 4.74 Å². The fraction of sp³-hybridized carbons (Fsp3) is 0.400. The van der Waals surface area contributed by atoms with Crippen molar-refractivity contribution in [2.24, 2.45) is 0 Å². The van der Waals surface area contributed by atoms with E-state index >= 15 is 0 Å². The molecule has 0 aliphatic heterocycles. The van der Waals surface area contributed by atoms with Crippen molar-refractivity contribution in [2.45, 2.75) is 17.2 Å². The molecule has 1 rings (SSSR count). The van der Waals surface area contributed by atoms with Crippen LogP contribution in [0.2, 0.25) is 0 Å². The molecule has 0 fully saturated rings. The monoisotopic (exact) mass is 323 g/mol. The number of sulfonamides is 1. The van der Waals surface area contributed by atoms with Crippen LogP contribution in [0.3, 0.4) is 0 Å².